The van der Waals surface area contributed by atoms with Crippen LogP contribution in [0.4, 0.5) is 0 Å². The van der Waals surface area contributed by atoms with Crippen molar-refractivity contribution in [2.45, 2.75) is 83.9 Å². The predicted octanol–water partition coefficient (Wildman–Crippen LogP) is 5.50. The summed E-state index contributed by atoms with van der Waals surface area (Å²) in [6, 6.07) is 10.7. The highest BCUT2D eigenvalue weighted by Gasteiger charge is 2.43. The van der Waals surface area contributed by atoms with Crippen molar-refractivity contribution >= 4 is 0 Å². The van der Waals surface area contributed by atoms with Gasteiger partial charge in [-0.2, -0.15) is 5.06 Å². The molecule has 0 N–H and O–H groups in total. The summed E-state index contributed by atoms with van der Waals surface area (Å²) in [4.78, 5) is 6.58. The molecule has 1 aliphatic heterocycles. The fourth-order valence-corrected chi connectivity index (χ4v) is 3.60. The summed E-state index contributed by atoms with van der Waals surface area (Å²) in [6.45, 7) is 11.5. The minimum absolute atomic E-state index is 0.0997. The zero-order chi connectivity index (χ0) is 15.5. The Kier molecular flexibility index (Phi) is 5.11. The molecule has 2 nitrogen and oxygen atoms in total. The Morgan fingerprint density at radius 3 is 2.14 bits per heavy atom. The molecule has 2 heteroatoms. The third kappa shape index (κ3) is 3.87. The van der Waals surface area contributed by atoms with Crippen LogP contribution in [0.25, 0.3) is 0 Å². The molecule has 1 saturated heterocycles. The van der Waals surface area contributed by atoms with Gasteiger partial charge in [0.2, 0.25) is 0 Å². The van der Waals surface area contributed by atoms with Crippen molar-refractivity contribution < 1.29 is 4.84 Å². The van der Waals surface area contributed by atoms with Gasteiger partial charge in [-0.25, -0.2) is 0 Å². The Bertz CT molecular complexity index is 422. The van der Waals surface area contributed by atoms with Gasteiger partial charge in [0.05, 0.1) is 0 Å². The van der Waals surface area contributed by atoms with Crippen LogP contribution in [0.5, 0.6) is 0 Å². The van der Waals surface area contributed by atoms with Gasteiger partial charge in [0.1, 0.15) is 6.10 Å². The number of hydroxylamine groups is 2. The van der Waals surface area contributed by atoms with E-state index < -0.39 is 0 Å². The van der Waals surface area contributed by atoms with Gasteiger partial charge in [0, 0.05) is 11.1 Å². The largest absolute Gasteiger partial charge is 0.290 e. The number of hydrogen-bond acceptors (Lipinski definition) is 2. The molecular weight excluding hydrogens is 258 g/mol. The second kappa shape index (κ2) is 6.50. The van der Waals surface area contributed by atoms with Crippen LogP contribution < -0.4 is 0 Å². The number of benzene rings is 1. The summed E-state index contributed by atoms with van der Waals surface area (Å²) >= 11 is 0. The summed E-state index contributed by atoms with van der Waals surface area (Å²) in [5.74, 6) is 0. The van der Waals surface area contributed by atoms with Crippen molar-refractivity contribution in [1.82, 2.24) is 5.06 Å². The van der Waals surface area contributed by atoms with Crippen LogP contribution in [0.1, 0.15) is 78.4 Å². The molecule has 21 heavy (non-hydrogen) atoms. The molecule has 0 radical (unpaired) electrons. The van der Waals surface area contributed by atoms with Crippen molar-refractivity contribution in [3.63, 3.8) is 0 Å². The molecule has 1 atom stereocenters. The summed E-state index contributed by atoms with van der Waals surface area (Å²) in [5.41, 5.74) is 1.49. The van der Waals surface area contributed by atoms with E-state index in [1.54, 1.807) is 0 Å². The molecule has 0 spiro atoms. The average Bonchev–Trinajstić information content (AvgIpc) is 2.42. The lowest BCUT2D eigenvalue weighted by molar-refractivity contribution is -0.308. The molecule has 0 saturated carbocycles. The zero-order valence-corrected chi connectivity index (χ0v) is 14.4. The molecule has 2 rings (SSSR count). The number of piperidine rings is 1. The first-order valence-electron chi connectivity index (χ1n) is 8.39. The fraction of sp³-hybridized carbons (Fsp3) is 0.684. The van der Waals surface area contributed by atoms with Gasteiger partial charge in [0.15, 0.2) is 0 Å². The maximum absolute atomic E-state index is 6.58. The van der Waals surface area contributed by atoms with E-state index in [4.69, 9.17) is 4.84 Å². The fourth-order valence-electron chi connectivity index (χ4n) is 3.60. The molecule has 0 bridgehead atoms. The monoisotopic (exact) mass is 289 g/mol. The third-order valence-electron chi connectivity index (χ3n) is 4.63. The molecule has 1 aliphatic rings. The van der Waals surface area contributed by atoms with E-state index >= 15 is 0 Å². The van der Waals surface area contributed by atoms with Crippen LogP contribution in [-0.2, 0) is 4.84 Å². The Labute approximate surface area is 130 Å². The minimum Gasteiger partial charge on any atom is -0.290 e. The van der Waals surface area contributed by atoms with Gasteiger partial charge in [0.25, 0.3) is 0 Å². The normalized spacial score (nSPS) is 22.9. The summed E-state index contributed by atoms with van der Waals surface area (Å²) in [7, 11) is 0. The number of rotatable bonds is 5. The predicted molar refractivity (Wildman–Crippen MR) is 89.0 cm³/mol. The third-order valence-corrected chi connectivity index (χ3v) is 4.63. The Hall–Kier alpha value is -0.860. The second-order valence-corrected chi connectivity index (χ2v) is 7.57. The van der Waals surface area contributed by atoms with Crippen molar-refractivity contribution in [1.29, 1.82) is 0 Å². The lowest BCUT2D eigenvalue weighted by Crippen LogP contribution is -2.58. The first-order valence-corrected chi connectivity index (χ1v) is 8.39. The SMILES string of the molecule is CCCC(ON1C(C)(C)CCCC1(C)C)c1ccccc1. The summed E-state index contributed by atoms with van der Waals surface area (Å²) in [6.07, 6.45) is 6.03. The van der Waals surface area contributed by atoms with Gasteiger partial charge >= 0.3 is 0 Å². The maximum Gasteiger partial charge on any atom is 0.104 e. The molecular formula is C19H31NO. The number of hydrogen-bond donors (Lipinski definition) is 0. The molecule has 0 amide bonds. The maximum atomic E-state index is 6.58. The molecule has 1 fully saturated rings. The van der Waals surface area contributed by atoms with Crippen LogP contribution in [-0.4, -0.2) is 16.1 Å². The van der Waals surface area contributed by atoms with Crippen molar-refractivity contribution in [3.8, 4) is 0 Å². The molecule has 0 aromatic heterocycles. The van der Waals surface area contributed by atoms with E-state index in [2.05, 4.69) is 70.0 Å². The van der Waals surface area contributed by atoms with Crippen molar-refractivity contribution in [2.75, 3.05) is 0 Å². The van der Waals surface area contributed by atoms with Crippen molar-refractivity contribution in [2.24, 2.45) is 0 Å². The topological polar surface area (TPSA) is 12.5 Å². The lowest BCUT2D eigenvalue weighted by Gasteiger charge is -2.52. The van der Waals surface area contributed by atoms with E-state index in [0.29, 0.717) is 0 Å². The smallest absolute Gasteiger partial charge is 0.104 e. The first-order chi connectivity index (χ1) is 9.87. The Balaban J connectivity index is 2.22. The minimum atomic E-state index is 0.0997. The van der Waals surface area contributed by atoms with Crippen molar-refractivity contribution in [3.05, 3.63) is 35.9 Å². The Morgan fingerprint density at radius 1 is 1.05 bits per heavy atom. The average molecular weight is 289 g/mol. The quantitative estimate of drug-likeness (QED) is 0.709. The van der Waals surface area contributed by atoms with Gasteiger partial charge in [-0.1, -0.05) is 43.7 Å². The molecule has 1 unspecified atom stereocenters. The van der Waals surface area contributed by atoms with Crippen LogP contribution in [0.2, 0.25) is 0 Å². The first kappa shape index (κ1) is 16.5. The molecule has 1 heterocycles. The van der Waals surface area contributed by atoms with Gasteiger partial charge < -0.3 is 0 Å². The highest BCUT2D eigenvalue weighted by atomic mass is 16.7. The van der Waals surface area contributed by atoms with Crippen LogP contribution in [0.3, 0.4) is 0 Å². The van der Waals surface area contributed by atoms with E-state index in [0.717, 1.165) is 12.8 Å². The summed E-state index contributed by atoms with van der Waals surface area (Å²) < 4.78 is 0. The van der Waals surface area contributed by atoms with Crippen LogP contribution in [0.15, 0.2) is 30.3 Å². The van der Waals surface area contributed by atoms with E-state index in [1.807, 2.05) is 0 Å². The molecule has 0 aliphatic carbocycles. The number of nitrogens with zero attached hydrogens (tertiary/aromatic N) is 1. The van der Waals surface area contributed by atoms with Crippen LogP contribution in [0, 0.1) is 0 Å². The van der Waals surface area contributed by atoms with Gasteiger partial charge in [-0.3, -0.25) is 4.84 Å². The summed E-state index contributed by atoms with van der Waals surface area (Å²) in [5, 5.41) is 2.29. The van der Waals surface area contributed by atoms with Gasteiger partial charge in [-0.05, 0) is 58.9 Å². The highest BCUT2D eigenvalue weighted by molar-refractivity contribution is 5.17. The second-order valence-electron chi connectivity index (χ2n) is 7.57. The van der Waals surface area contributed by atoms with Crippen LogP contribution >= 0.6 is 0 Å². The highest BCUT2D eigenvalue weighted by Crippen LogP contribution is 2.41. The molecule has 1 aromatic carbocycles. The van der Waals surface area contributed by atoms with E-state index in [1.165, 1.54) is 24.8 Å². The van der Waals surface area contributed by atoms with E-state index in [9.17, 15) is 0 Å². The standard InChI is InChI=1S/C19H31NO/c1-6-11-17(16-12-8-7-9-13-16)21-20-18(2,3)14-10-15-19(20,4)5/h7-9,12-13,17H,6,10-11,14-15H2,1-5H3. The molecule has 118 valence electrons. The lowest BCUT2D eigenvalue weighted by atomic mass is 9.82. The van der Waals surface area contributed by atoms with Gasteiger partial charge in [-0.15, -0.1) is 0 Å². The van der Waals surface area contributed by atoms with E-state index in [-0.39, 0.29) is 17.2 Å². The Morgan fingerprint density at radius 2 is 1.62 bits per heavy atom. The molecule has 1 aromatic rings. The zero-order valence-electron chi connectivity index (χ0n) is 14.4.